The van der Waals surface area contributed by atoms with E-state index in [2.05, 4.69) is 27.8 Å². The number of rotatable bonds is 4. The zero-order valence-corrected chi connectivity index (χ0v) is 13.9. The summed E-state index contributed by atoms with van der Waals surface area (Å²) in [5.41, 5.74) is 12.4. The van der Waals surface area contributed by atoms with Crippen LogP contribution >= 0.6 is 28.3 Å². The van der Waals surface area contributed by atoms with E-state index < -0.39 is 0 Å². The molecule has 4 nitrogen and oxygen atoms in total. The van der Waals surface area contributed by atoms with Gasteiger partial charge in [0.2, 0.25) is 5.91 Å². The van der Waals surface area contributed by atoms with Crippen LogP contribution in [0.1, 0.15) is 24.9 Å². The van der Waals surface area contributed by atoms with Crippen LogP contribution in [0.15, 0.2) is 28.7 Å². The fourth-order valence-corrected chi connectivity index (χ4v) is 2.91. The van der Waals surface area contributed by atoms with Gasteiger partial charge in [-0.3, -0.25) is 9.69 Å². The summed E-state index contributed by atoms with van der Waals surface area (Å²) >= 11 is 3.40. The lowest BCUT2D eigenvalue weighted by Gasteiger charge is -2.28. The molecule has 1 aromatic carbocycles. The maximum absolute atomic E-state index is 11.8. The van der Waals surface area contributed by atoms with Gasteiger partial charge in [-0.05, 0) is 42.6 Å². The predicted octanol–water partition coefficient (Wildman–Crippen LogP) is 2.07. The summed E-state index contributed by atoms with van der Waals surface area (Å²) in [6, 6.07) is 7.39. The SMILES string of the molecule is CC1(CN)CCN(C(C(N)=O)c2ccc(Br)cc2)C1.Cl. The smallest absolute Gasteiger partial charge is 0.239 e. The van der Waals surface area contributed by atoms with E-state index in [1.807, 2.05) is 24.3 Å². The number of nitrogens with two attached hydrogens (primary N) is 2. The molecule has 0 radical (unpaired) electrons. The minimum atomic E-state index is -0.360. The molecule has 1 aliphatic rings. The van der Waals surface area contributed by atoms with Crippen molar-refractivity contribution in [2.45, 2.75) is 19.4 Å². The molecule has 2 unspecified atom stereocenters. The summed E-state index contributed by atoms with van der Waals surface area (Å²) in [5, 5.41) is 0. The van der Waals surface area contributed by atoms with Gasteiger partial charge in [-0.25, -0.2) is 0 Å². The van der Waals surface area contributed by atoms with Gasteiger partial charge in [0, 0.05) is 11.0 Å². The molecular formula is C14H21BrClN3O. The monoisotopic (exact) mass is 361 g/mol. The lowest BCUT2D eigenvalue weighted by atomic mass is 9.90. The number of halogens is 2. The average Bonchev–Trinajstić information content (AvgIpc) is 2.75. The second-order valence-corrected chi connectivity index (χ2v) is 6.51. The Bertz CT molecular complexity index is 468. The lowest BCUT2D eigenvalue weighted by Crippen LogP contribution is -2.39. The fourth-order valence-electron chi connectivity index (χ4n) is 2.65. The molecular weight excluding hydrogens is 342 g/mol. The minimum Gasteiger partial charge on any atom is -0.368 e. The van der Waals surface area contributed by atoms with Gasteiger partial charge in [-0.2, -0.15) is 0 Å². The zero-order valence-electron chi connectivity index (χ0n) is 11.5. The molecule has 4 N–H and O–H groups in total. The van der Waals surface area contributed by atoms with Crippen LogP contribution in [-0.4, -0.2) is 30.4 Å². The van der Waals surface area contributed by atoms with Crippen molar-refractivity contribution in [1.29, 1.82) is 0 Å². The van der Waals surface area contributed by atoms with E-state index in [1.54, 1.807) is 0 Å². The standard InChI is InChI=1S/C14H20BrN3O.ClH/c1-14(8-16)6-7-18(9-14)12(13(17)19)10-2-4-11(15)5-3-10;/h2-5,12H,6-9,16H2,1H3,(H2,17,19);1H. The maximum atomic E-state index is 11.8. The first-order valence-electron chi connectivity index (χ1n) is 6.44. The Morgan fingerprint density at radius 2 is 2.05 bits per heavy atom. The normalized spacial score (nSPS) is 24.1. The molecule has 1 aromatic rings. The Kier molecular flexibility index (Phi) is 6.01. The average molecular weight is 363 g/mol. The number of nitrogens with zero attached hydrogens (tertiary/aromatic N) is 1. The van der Waals surface area contributed by atoms with Crippen molar-refractivity contribution in [3.63, 3.8) is 0 Å². The minimum absolute atomic E-state index is 0. The van der Waals surface area contributed by atoms with E-state index in [9.17, 15) is 4.79 Å². The molecule has 0 saturated carbocycles. The summed E-state index contributed by atoms with van der Waals surface area (Å²) < 4.78 is 0.993. The molecule has 20 heavy (non-hydrogen) atoms. The Labute approximate surface area is 134 Å². The van der Waals surface area contributed by atoms with Gasteiger partial charge in [0.1, 0.15) is 6.04 Å². The van der Waals surface area contributed by atoms with Gasteiger partial charge in [-0.15, -0.1) is 12.4 Å². The van der Waals surface area contributed by atoms with Crippen LogP contribution in [0.4, 0.5) is 0 Å². The maximum Gasteiger partial charge on any atom is 0.239 e. The van der Waals surface area contributed by atoms with Crippen LogP contribution < -0.4 is 11.5 Å². The van der Waals surface area contributed by atoms with E-state index in [0.717, 1.165) is 29.5 Å². The number of likely N-dealkylation sites (tertiary alicyclic amines) is 1. The number of carbonyl (C=O) groups is 1. The van der Waals surface area contributed by atoms with Gasteiger partial charge >= 0.3 is 0 Å². The van der Waals surface area contributed by atoms with Crippen LogP contribution in [0.5, 0.6) is 0 Å². The molecule has 0 bridgehead atoms. The van der Waals surface area contributed by atoms with Crippen LogP contribution in [0.2, 0.25) is 0 Å². The van der Waals surface area contributed by atoms with E-state index in [4.69, 9.17) is 11.5 Å². The molecule has 6 heteroatoms. The van der Waals surface area contributed by atoms with E-state index in [-0.39, 0.29) is 29.8 Å². The van der Waals surface area contributed by atoms with Gasteiger partial charge in [0.25, 0.3) is 0 Å². The van der Waals surface area contributed by atoms with Crippen molar-refractivity contribution < 1.29 is 4.79 Å². The largest absolute Gasteiger partial charge is 0.368 e. The number of benzene rings is 1. The molecule has 1 aliphatic heterocycles. The van der Waals surface area contributed by atoms with Crippen molar-refractivity contribution >= 4 is 34.2 Å². The zero-order chi connectivity index (χ0) is 14.0. The lowest BCUT2D eigenvalue weighted by molar-refractivity contribution is -0.123. The third-order valence-electron chi connectivity index (χ3n) is 3.90. The summed E-state index contributed by atoms with van der Waals surface area (Å²) in [6.07, 6.45) is 1.00. The van der Waals surface area contributed by atoms with Gasteiger partial charge in [-0.1, -0.05) is 35.0 Å². The summed E-state index contributed by atoms with van der Waals surface area (Å²) in [5.74, 6) is -0.302. The highest BCUT2D eigenvalue weighted by atomic mass is 79.9. The first kappa shape index (κ1) is 17.4. The number of hydrogen-bond donors (Lipinski definition) is 2. The molecule has 1 amide bonds. The second kappa shape index (κ2) is 6.89. The van der Waals surface area contributed by atoms with E-state index >= 15 is 0 Å². The highest BCUT2D eigenvalue weighted by Crippen LogP contribution is 2.34. The molecule has 1 saturated heterocycles. The molecule has 1 heterocycles. The van der Waals surface area contributed by atoms with Crippen molar-refractivity contribution in [3.8, 4) is 0 Å². The fraction of sp³-hybridized carbons (Fsp3) is 0.500. The molecule has 0 aliphatic carbocycles. The second-order valence-electron chi connectivity index (χ2n) is 5.59. The highest BCUT2D eigenvalue weighted by molar-refractivity contribution is 9.10. The van der Waals surface area contributed by atoms with Crippen molar-refractivity contribution in [2.75, 3.05) is 19.6 Å². The molecule has 0 aromatic heterocycles. The molecule has 0 spiro atoms. The van der Waals surface area contributed by atoms with Crippen LogP contribution in [-0.2, 0) is 4.79 Å². The van der Waals surface area contributed by atoms with E-state index in [1.165, 1.54) is 0 Å². The van der Waals surface area contributed by atoms with Gasteiger partial charge in [0.05, 0.1) is 0 Å². The molecule has 2 rings (SSSR count). The highest BCUT2D eigenvalue weighted by Gasteiger charge is 2.38. The van der Waals surface area contributed by atoms with Crippen LogP contribution in [0.25, 0.3) is 0 Å². The Morgan fingerprint density at radius 3 is 2.50 bits per heavy atom. The van der Waals surface area contributed by atoms with Crippen LogP contribution in [0, 0.1) is 5.41 Å². The van der Waals surface area contributed by atoms with Crippen molar-refractivity contribution in [2.24, 2.45) is 16.9 Å². The summed E-state index contributed by atoms with van der Waals surface area (Å²) in [6.45, 7) is 4.46. The van der Waals surface area contributed by atoms with Crippen molar-refractivity contribution in [1.82, 2.24) is 4.90 Å². The third-order valence-corrected chi connectivity index (χ3v) is 4.43. The number of primary amides is 1. The van der Waals surface area contributed by atoms with E-state index in [0.29, 0.717) is 6.54 Å². The molecule has 2 atom stereocenters. The first-order chi connectivity index (χ1) is 8.95. The topological polar surface area (TPSA) is 72.3 Å². The first-order valence-corrected chi connectivity index (χ1v) is 7.23. The third kappa shape index (κ3) is 3.73. The molecule has 1 fully saturated rings. The Balaban J connectivity index is 0.00000200. The number of hydrogen-bond acceptors (Lipinski definition) is 3. The number of amides is 1. The Hall–Kier alpha value is -0.620. The quantitative estimate of drug-likeness (QED) is 0.861. The summed E-state index contributed by atoms with van der Waals surface area (Å²) in [4.78, 5) is 13.9. The number of carbonyl (C=O) groups excluding carboxylic acids is 1. The van der Waals surface area contributed by atoms with Gasteiger partial charge in [0.15, 0.2) is 0 Å². The Morgan fingerprint density at radius 1 is 1.45 bits per heavy atom. The van der Waals surface area contributed by atoms with Crippen LogP contribution in [0.3, 0.4) is 0 Å². The summed E-state index contributed by atoms with van der Waals surface area (Å²) in [7, 11) is 0. The van der Waals surface area contributed by atoms with Gasteiger partial charge < -0.3 is 11.5 Å². The molecule has 112 valence electrons. The predicted molar refractivity (Wildman–Crippen MR) is 86.7 cm³/mol. The van der Waals surface area contributed by atoms with Crippen molar-refractivity contribution in [3.05, 3.63) is 34.3 Å².